The van der Waals surface area contributed by atoms with Gasteiger partial charge in [-0.05, 0) is 57.3 Å². The van der Waals surface area contributed by atoms with Gasteiger partial charge in [0.2, 0.25) is 5.91 Å². The Kier molecular flexibility index (Phi) is 5.21. The van der Waals surface area contributed by atoms with Crippen LogP contribution in [0.5, 0.6) is 0 Å². The minimum absolute atomic E-state index is 0. The molecule has 1 heterocycles. The summed E-state index contributed by atoms with van der Waals surface area (Å²) in [4.78, 5) is 12.7. The molecule has 1 aromatic rings. The molecular formula is C18H29ClN4O. The first kappa shape index (κ1) is 17.7. The van der Waals surface area contributed by atoms with Crippen molar-refractivity contribution in [3.63, 3.8) is 0 Å². The molecule has 24 heavy (non-hydrogen) atoms. The number of fused-ring (bicyclic) bond motifs is 2. The van der Waals surface area contributed by atoms with E-state index in [-0.39, 0.29) is 24.2 Å². The maximum atomic E-state index is 12.7. The van der Waals surface area contributed by atoms with Crippen molar-refractivity contribution in [1.29, 1.82) is 0 Å². The predicted molar refractivity (Wildman–Crippen MR) is 97.3 cm³/mol. The molecule has 0 aromatic carbocycles. The van der Waals surface area contributed by atoms with E-state index < -0.39 is 0 Å². The molecule has 0 saturated heterocycles. The number of aryl methyl sites for hydroxylation is 1. The zero-order chi connectivity index (χ0) is 16.0. The highest BCUT2D eigenvalue weighted by atomic mass is 35.5. The van der Waals surface area contributed by atoms with E-state index >= 15 is 0 Å². The van der Waals surface area contributed by atoms with Gasteiger partial charge in [-0.1, -0.05) is 6.42 Å². The minimum Gasteiger partial charge on any atom is -0.327 e. The Balaban J connectivity index is 0.00000169. The van der Waals surface area contributed by atoms with Crippen molar-refractivity contribution in [1.82, 2.24) is 9.78 Å². The topological polar surface area (TPSA) is 72.9 Å². The largest absolute Gasteiger partial charge is 0.327 e. The van der Waals surface area contributed by atoms with Gasteiger partial charge in [-0.3, -0.25) is 9.48 Å². The molecular weight excluding hydrogens is 324 g/mol. The summed E-state index contributed by atoms with van der Waals surface area (Å²) in [7, 11) is 0. The van der Waals surface area contributed by atoms with Gasteiger partial charge in [0.25, 0.3) is 0 Å². The number of amides is 1. The van der Waals surface area contributed by atoms with Crippen molar-refractivity contribution >= 4 is 24.1 Å². The number of hydrogen-bond donors (Lipinski definition) is 2. The molecule has 6 heteroatoms. The standard InChI is InChI=1S/C18H28N4O.ClH/c1-2-22-15(11-6-7-11)10-16(21-22)20-18(23)14-8-12-4-3-5-13(9-14)17(12)19;/h10-14,17H,2-9,19H2,1H3,(H,20,21,23);1H. The third kappa shape index (κ3) is 3.33. The highest BCUT2D eigenvalue weighted by molar-refractivity contribution is 5.91. The number of hydrogen-bond acceptors (Lipinski definition) is 3. The normalized spacial score (nSPS) is 32.1. The molecule has 1 amide bonds. The highest BCUT2D eigenvalue weighted by Gasteiger charge is 2.40. The molecule has 3 aliphatic carbocycles. The summed E-state index contributed by atoms with van der Waals surface area (Å²) in [6.45, 7) is 2.97. The van der Waals surface area contributed by atoms with E-state index in [1.165, 1.54) is 37.8 Å². The molecule has 5 nitrogen and oxygen atoms in total. The average molecular weight is 353 g/mol. The molecule has 2 unspecified atom stereocenters. The van der Waals surface area contributed by atoms with Crippen LogP contribution in [0.1, 0.15) is 63.5 Å². The molecule has 134 valence electrons. The second kappa shape index (κ2) is 7.04. The van der Waals surface area contributed by atoms with Crippen molar-refractivity contribution < 1.29 is 4.79 Å². The van der Waals surface area contributed by atoms with Gasteiger partial charge in [-0.2, -0.15) is 5.10 Å². The van der Waals surface area contributed by atoms with E-state index in [1.54, 1.807) is 0 Å². The summed E-state index contributed by atoms with van der Waals surface area (Å²) in [6, 6.07) is 2.39. The third-order valence-electron chi connectivity index (χ3n) is 6.14. The first-order valence-electron chi connectivity index (χ1n) is 9.30. The van der Waals surface area contributed by atoms with Crippen LogP contribution in [0.15, 0.2) is 6.07 Å². The summed E-state index contributed by atoms with van der Waals surface area (Å²) in [5.74, 6) is 2.72. The quantitative estimate of drug-likeness (QED) is 0.873. The lowest BCUT2D eigenvalue weighted by Gasteiger charge is -2.43. The Morgan fingerprint density at radius 1 is 1.29 bits per heavy atom. The summed E-state index contributed by atoms with van der Waals surface area (Å²) in [5, 5.41) is 7.65. The predicted octanol–water partition coefficient (Wildman–Crippen LogP) is 3.29. The summed E-state index contributed by atoms with van der Waals surface area (Å²) in [6.07, 6.45) is 8.07. The molecule has 2 bridgehead atoms. The van der Waals surface area contributed by atoms with E-state index in [2.05, 4.69) is 23.4 Å². The number of nitrogens with two attached hydrogens (primary N) is 1. The number of halogens is 1. The zero-order valence-electron chi connectivity index (χ0n) is 14.4. The van der Waals surface area contributed by atoms with Crippen LogP contribution in [0.2, 0.25) is 0 Å². The number of nitrogens with one attached hydrogen (secondary N) is 1. The second-order valence-electron chi connectivity index (χ2n) is 7.73. The van der Waals surface area contributed by atoms with E-state index in [4.69, 9.17) is 5.73 Å². The van der Waals surface area contributed by atoms with Gasteiger partial charge < -0.3 is 11.1 Å². The van der Waals surface area contributed by atoms with Gasteiger partial charge in [-0.25, -0.2) is 0 Å². The van der Waals surface area contributed by atoms with Crippen LogP contribution in [0.4, 0.5) is 5.82 Å². The maximum Gasteiger partial charge on any atom is 0.228 e. The number of carbonyl (C=O) groups is 1. The maximum absolute atomic E-state index is 12.7. The Labute approximate surface area is 150 Å². The molecule has 3 fully saturated rings. The number of rotatable bonds is 4. The molecule has 3 aliphatic rings. The zero-order valence-corrected chi connectivity index (χ0v) is 15.2. The Hall–Kier alpha value is -1.07. The monoisotopic (exact) mass is 352 g/mol. The lowest BCUT2D eigenvalue weighted by molar-refractivity contribution is -0.122. The fraction of sp³-hybridized carbons (Fsp3) is 0.778. The van der Waals surface area contributed by atoms with Crippen molar-refractivity contribution in [3.05, 3.63) is 11.8 Å². The number of carbonyl (C=O) groups excluding carboxylic acids is 1. The summed E-state index contributed by atoms with van der Waals surface area (Å²) >= 11 is 0. The summed E-state index contributed by atoms with van der Waals surface area (Å²) < 4.78 is 2.04. The van der Waals surface area contributed by atoms with Crippen LogP contribution in [-0.4, -0.2) is 21.7 Å². The third-order valence-corrected chi connectivity index (χ3v) is 6.14. The van der Waals surface area contributed by atoms with Gasteiger partial charge in [0, 0.05) is 36.2 Å². The van der Waals surface area contributed by atoms with Crippen molar-refractivity contribution in [2.45, 2.75) is 70.4 Å². The highest BCUT2D eigenvalue weighted by Crippen LogP contribution is 2.43. The number of anilines is 1. The van der Waals surface area contributed by atoms with Crippen LogP contribution in [-0.2, 0) is 11.3 Å². The van der Waals surface area contributed by atoms with Gasteiger partial charge in [-0.15, -0.1) is 12.4 Å². The molecule has 0 radical (unpaired) electrons. The fourth-order valence-electron chi connectivity index (χ4n) is 4.68. The first-order valence-corrected chi connectivity index (χ1v) is 9.30. The van der Waals surface area contributed by atoms with Gasteiger partial charge in [0.05, 0.1) is 0 Å². The lowest BCUT2D eigenvalue weighted by atomic mass is 9.65. The average Bonchev–Trinajstić information content (AvgIpc) is 3.28. The van der Waals surface area contributed by atoms with E-state index in [0.717, 1.165) is 25.2 Å². The van der Waals surface area contributed by atoms with Crippen LogP contribution in [0, 0.1) is 17.8 Å². The van der Waals surface area contributed by atoms with Gasteiger partial charge in [0.1, 0.15) is 0 Å². The molecule has 0 spiro atoms. The minimum atomic E-state index is 0. The molecule has 3 saturated carbocycles. The van der Waals surface area contributed by atoms with Gasteiger partial charge >= 0.3 is 0 Å². The fourth-order valence-corrected chi connectivity index (χ4v) is 4.68. The Morgan fingerprint density at radius 2 is 1.96 bits per heavy atom. The SMILES string of the molecule is CCn1nc(NC(=O)C2CC3CCCC(C2)C3N)cc1C1CC1.Cl. The molecule has 0 aliphatic heterocycles. The van der Waals surface area contributed by atoms with Gasteiger partial charge in [0.15, 0.2) is 5.82 Å². The molecule has 4 rings (SSSR count). The molecule has 2 atom stereocenters. The van der Waals surface area contributed by atoms with E-state index in [1.807, 2.05) is 4.68 Å². The summed E-state index contributed by atoms with van der Waals surface area (Å²) in [5.41, 5.74) is 7.62. The van der Waals surface area contributed by atoms with E-state index in [0.29, 0.717) is 23.8 Å². The Bertz CT molecular complexity index is 584. The van der Waals surface area contributed by atoms with Crippen LogP contribution in [0.3, 0.4) is 0 Å². The van der Waals surface area contributed by atoms with Crippen LogP contribution < -0.4 is 11.1 Å². The van der Waals surface area contributed by atoms with Crippen molar-refractivity contribution in [2.75, 3.05) is 5.32 Å². The number of aromatic nitrogens is 2. The Morgan fingerprint density at radius 3 is 2.54 bits per heavy atom. The van der Waals surface area contributed by atoms with Crippen molar-refractivity contribution in [2.24, 2.45) is 23.5 Å². The first-order chi connectivity index (χ1) is 11.2. The number of nitrogens with zero attached hydrogens (tertiary/aromatic N) is 2. The molecule has 3 N–H and O–H groups in total. The molecule has 1 aromatic heterocycles. The van der Waals surface area contributed by atoms with Crippen LogP contribution in [0.25, 0.3) is 0 Å². The van der Waals surface area contributed by atoms with Crippen molar-refractivity contribution in [3.8, 4) is 0 Å². The lowest BCUT2D eigenvalue weighted by Crippen LogP contribution is -2.48. The van der Waals surface area contributed by atoms with E-state index in [9.17, 15) is 4.79 Å². The second-order valence-corrected chi connectivity index (χ2v) is 7.73. The smallest absolute Gasteiger partial charge is 0.228 e. The van der Waals surface area contributed by atoms with Crippen LogP contribution >= 0.6 is 12.4 Å².